The SMILES string of the molecule is CNc1ccc(-c2cncc(C(F)(F)F)c2)nc1C(F)(F)F. The van der Waals surface area contributed by atoms with Gasteiger partial charge in [-0.2, -0.15) is 26.3 Å². The van der Waals surface area contributed by atoms with Gasteiger partial charge in [0.25, 0.3) is 0 Å². The van der Waals surface area contributed by atoms with Crippen LogP contribution in [0.5, 0.6) is 0 Å². The van der Waals surface area contributed by atoms with Crippen LogP contribution in [0.25, 0.3) is 11.3 Å². The number of nitrogens with one attached hydrogen (secondary N) is 1. The van der Waals surface area contributed by atoms with E-state index in [2.05, 4.69) is 15.3 Å². The summed E-state index contributed by atoms with van der Waals surface area (Å²) in [6, 6.07) is 3.00. The summed E-state index contributed by atoms with van der Waals surface area (Å²) in [6.07, 6.45) is -7.75. The van der Waals surface area contributed by atoms with Crippen molar-refractivity contribution in [2.45, 2.75) is 12.4 Å². The van der Waals surface area contributed by atoms with Crippen molar-refractivity contribution in [1.82, 2.24) is 9.97 Å². The molecule has 0 bridgehead atoms. The van der Waals surface area contributed by atoms with Gasteiger partial charge in [0, 0.05) is 25.0 Å². The molecule has 0 saturated heterocycles. The molecule has 0 fully saturated rings. The Labute approximate surface area is 121 Å². The molecule has 118 valence electrons. The number of rotatable bonds is 2. The van der Waals surface area contributed by atoms with Crippen molar-refractivity contribution >= 4 is 5.69 Å². The predicted octanol–water partition coefficient (Wildman–Crippen LogP) is 4.22. The Hall–Kier alpha value is -2.32. The van der Waals surface area contributed by atoms with E-state index in [1.165, 1.54) is 13.1 Å². The number of anilines is 1. The van der Waals surface area contributed by atoms with Gasteiger partial charge >= 0.3 is 12.4 Å². The molecule has 0 aliphatic rings. The van der Waals surface area contributed by atoms with E-state index in [4.69, 9.17) is 0 Å². The average molecular weight is 321 g/mol. The lowest BCUT2D eigenvalue weighted by Gasteiger charge is -2.13. The second-order valence-corrected chi connectivity index (χ2v) is 4.30. The van der Waals surface area contributed by atoms with Crippen molar-refractivity contribution in [1.29, 1.82) is 0 Å². The highest BCUT2D eigenvalue weighted by Crippen LogP contribution is 2.36. The molecule has 22 heavy (non-hydrogen) atoms. The maximum absolute atomic E-state index is 12.9. The van der Waals surface area contributed by atoms with E-state index in [0.717, 1.165) is 12.3 Å². The number of nitrogens with zero attached hydrogens (tertiary/aromatic N) is 2. The van der Waals surface area contributed by atoms with E-state index in [9.17, 15) is 26.3 Å². The van der Waals surface area contributed by atoms with Gasteiger partial charge in [-0.25, -0.2) is 4.98 Å². The lowest BCUT2D eigenvalue weighted by atomic mass is 10.1. The molecular weight excluding hydrogens is 312 g/mol. The first-order chi connectivity index (χ1) is 10.1. The minimum atomic E-state index is -4.73. The minimum Gasteiger partial charge on any atom is -0.386 e. The fourth-order valence-corrected chi connectivity index (χ4v) is 1.77. The Kier molecular flexibility index (Phi) is 3.99. The molecule has 3 nitrogen and oxygen atoms in total. The quantitative estimate of drug-likeness (QED) is 0.842. The van der Waals surface area contributed by atoms with Crippen LogP contribution in [0.2, 0.25) is 0 Å². The summed E-state index contributed by atoms with van der Waals surface area (Å²) < 4.78 is 76.6. The van der Waals surface area contributed by atoms with Gasteiger partial charge in [0.05, 0.1) is 16.9 Å². The maximum atomic E-state index is 12.9. The summed E-state index contributed by atoms with van der Waals surface area (Å²) in [5.41, 5.74) is -2.92. The van der Waals surface area contributed by atoms with Crippen molar-refractivity contribution in [3.63, 3.8) is 0 Å². The fraction of sp³-hybridized carbons (Fsp3) is 0.231. The zero-order valence-electron chi connectivity index (χ0n) is 11.0. The zero-order chi connectivity index (χ0) is 16.5. The molecule has 2 aromatic heterocycles. The molecule has 2 aromatic rings. The smallest absolute Gasteiger partial charge is 0.386 e. The third-order valence-electron chi connectivity index (χ3n) is 2.79. The van der Waals surface area contributed by atoms with Gasteiger partial charge in [-0.15, -0.1) is 0 Å². The highest BCUT2D eigenvalue weighted by Gasteiger charge is 2.36. The summed E-state index contributed by atoms with van der Waals surface area (Å²) >= 11 is 0. The monoisotopic (exact) mass is 321 g/mol. The van der Waals surface area contributed by atoms with Gasteiger partial charge in [0.2, 0.25) is 0 Å². The Balaban J connectivity index is 2.55. The topological polar surface area (TPSA) is 37.8 Å². The minimum absolute atomic E-state index is 0.150. The second kappa shape index (κ2) is 5.47. The molecule has 0 radical (unpaired) electrons. The van der Waals surface area contributed by atoms with E-state index < -0.39 is 23.6 Å². The molecule has 0 unspecified atom stereocenters. The molecule has 0 aliphatic heterocycles. The zero-order valence-corrected chi connectivity index (χ0v) is 11.0. The highest BCUT2D eigenvalue weighted by atomic mass is 19.4. The number of aromatic nitrogens is 2. The van der Waals surface area contributed by atoms with E-state index in [-0.39, 0.29) is 16.9 Å². The summed E-state index contributed by atoms with van der Waals surface area (Å²) in [5, 5.41) is 2.34. The lowest BCUT2D eigenvalue weighted by molar-refractivity contribution is -0.140. The molecule has 0 spiro atoms. The van der Waals surface area contributed by atoms with Crippen LogP contribution >= 0.6 is 0 Å². The van der Waals surface area contributed by atoms with Gasteiger partial charge in [0.1, 0.15) is 0 Å². The van der Waals surface area contributed by atoms with Crippen LogP contribution in [0, 0.1) is 0 Å². The van der Waals surface area contributed by atoms with Crippen molar-refractivity contribution in [2.24, 2.45) is 0 Å². The van der Waals surface area contributed by atoms with E-state index >= 15 is 0 Å². The largest absolute Gasteiger partial charge is 0.435 e. The third kappa shape index (κ3) is 3.29. The Morgan fingerprint density at radius 1 is 0.955 bits per heavy atom. The molecule has 0 aliphatic carbocycles. The van der Waals surface area contributed by atoms with E-state index in [1.54, 1.807) is 0 Å². The summed E-state index contributed by atoms with van der Waals surface area (Å²) in [7, 11) is 1.29. The number of halogens is 6. The Morgan fingerprint density at radius 2 is 1.64 bits per heavy atom. The van der Waals surface area contributed by atoms with Crippen molar-refractivity contribution in [3.8, 4) is 11.3 Å². The number of hydrogen-bond acceptors (Lipinski definition) is 3. The van der Waals surface area contributed by atoms with Crippen LogP contribution in [0.1, 0.15) is 11.3 Å². The van der Waals surface area contributed by atoms with Crippen LogP contribution in [0.15, 0.2) is 30.6 Å². The van der Waals surface area contributed by atoms with Crippen molar-refractivity contribution in [3.05, 3.63) is 41.9 Å². The summed E-state index contributed by atoms with van der Waals surface area (Å²) in [4.78, 5) is 6.82. The van der Waals surface area contributed by atoms with Crippen molar-refractivity contribution in [2.75, 3.05) is 12.4 Å². The highest BCUT2D eigenvalue weighted by molar-refractivity contribution is 5.63. The molecule has 0 atom stereocenters. The van der Waals surface area contributed by atoms with Gasteiger partial charge < -0.3 is 5.32 Å². The molecule has 2 rings (SSSR count). The van der Waals surface area contributed by atoms with Crippen LogP contribution < -0.4 is 5.32 Å². The van der Waals surface area contributed by atoms with Crippen molar-refractivity contribution < 1.29 is 26.3 Å². The van der Waals surface area contributed by atoms with Crippen LogP contribution in [0.3, 0.4) is 0 Å². The number of alkyl halides is 6. The number of hydrogen-bond donors (Lipinski definition) is 1. The molecule has 0 amide bonds. The molecule has 9 heteroatoms. The van der Waals surface area contributed by atoms with Crippen LogP contribution in [-0.4, -0.2) is 17.0 Å². The predicted molar refractivity (Wildman–Crippen MR) is 67.0 cm³/mol. The third-order valence-corrected chi connectivity index (χ3v) is 2.79. The molecule has 2 heterocycles. The molecule has 1 N–H and O–H groups in total. The molecule has 0 saturated carbocycles. The normalized spacial score (nSPS) is 12.3. The summed E-state index contributed by atoms with van der Waals surface area (Å²) in [6.45, 7) is 0. The molecular formula is C13H9F6N3. The Morgan fingerprint density at radius 3 is 2.18 bits per heavy atom. The standard InChI is InChI=1S/C13H9F6N3/c1-20-10-3-2-9(22-11(10)13(17,18)19)7-4-8(6-21-5-7)12(14,15)16/h2-6,20H,1H3. The fourth-order valence-electron chi connectivity index (χ4n) is 1.77. The first-order valence-corrected chi connectivity index (χ1v) is 5.91. The van der Waals surface area contributed by atoms with Gasteiger partial charge in [-0.1, -0.05) is 0 Å². The summed E-state index contributed by atoms with van der Waals surface area (Å²) in [5.74, 6) is 0. The average Bonchev–Trinajstić information content (AvgIpc) is 2.45. The molecule has 0 aromatic carbocycles. The van der Waals surface area contributed by atoms with Crippen LogP contribution in [0.4, 0.5) is 32.0 Å². The van der Waals surface area contributed by atoms with Gasteiger partial charge in [0.15, 0.2) is 5.69 Å². The van der Waals surface area contributed by atoms with Crippen LogP contribution in [-0.2, 0) is 12.4 Å². The van der Waals surface area contributed by atoms with E-state index in [0.29, 0.717) is 12.3 Å². The van der Waals surface area contributed by atoms with Gasteiger partial charge in [-0.05, 0) is 18.2 Å². The second-order valence-electron chi connectivity index (χ2n) is 4.30. The Bertz CT molecular complexity index is 678. The van der Waals surface area contributed by atoms with Gasteiger partial charge in [-0.3, -0.25) is 4.98 Å². The van der Waals surface area contributed by atoms with E-state index in [1.807, 2.05) is 0 Å². The first kappa shape index (κ1) is 16.1. The lowest BCUT2D eigenvalue weighted by Crippen LogP contribution is -2.12. The maximum Gasteiger partial charge on any atom is 0.435 e. The first-order valence-electron chi connectivity index (χ1n) is 5.91. The number of pyridine rings is 2.